The summed E-state index contributed by atoms with van der Waals surface area (Å²) in [6.07, 6.45) is 1.11. The third-order valence-corrected chi connectivity index (χ3v) is 7.50. The number of thiophene rings is 1. The summed E-state index contributed by atoms with van der Waals surface area (Å²) in [6, 6.07) is 16.9. The molecule has 0 aliphatic heterocycles. The molecule has 10 heteroatoms. The van der Waals surface area contributed by atoms with Gasteiger partial charge in [-0.3, -0.25) is 13.3 Å². The fourth-order valence-electron chi connectivity index (χ4n) is 3.61. The molecule has 1 N–H and O–H groups in total. The van der Waals surface area contributed by atoms with Gasteiger partial charge in [-0.15, -0.1) is 11.3 Å². The van der Waals surface area contributed by atoms with E-state index in [1.807, 2.05) is 41.8 Å². The van der Waals surface area contributed by atoms with Crippen LogP contribution in [0.5, 0.6) is 0 Å². The molecule has 3 aromatic rings. The summed E-state index contributed by atoms with van der Waals surface area (Å²) in [7, 11) is 0. The highest BCUT2D eigenvalue weighted by Crippen LogP contribution is 2.28. The van der Waals surface area contributed by atoms with Crippen LogP contribution in [0.1, 0.15) is 26.2 Å². The summed E-state index contributed by atoms with van der Waals surface area (Å²) in [6.45, 7) is 1.92. The van der Waals surface area contributed by atoms with Crippen LogP contribution in [0.4, 0.5) is 10.7 Å². The number of benzene rings is 2. The molecule has 7 nitrogen and oxygen atoms in total. The Morgan fingerprint density at radius 2 is 1.68 bits per heavy atom. The van der Waals surface area contributed by atoms with Crippen LogP contribution in [0.25, 0.3) is 11.1 Å². The van der Waals surface area contributed by atoms with Crippen molar-refractivity contribution in [3.8, 4) is 11.1 Å². The van der Waals surface area contributed by atoms with Gasteiger partial charge in [-0.25, -0.2) is 4.79 Å². The molecule has 0 bridgehead atoms. The smallest absolute Gasteiger partial charge is 0.327 e. The zero-order valence-electron chi connectivity index (χ0n) is 18.4. The Morgan fingerprint density at radius 1 is 1.06 bits per heavy atom. The molecule has 0 saturated heterocycles. The second kappa shape index (κ2) is 12.3. The lowest BCUT2D eigenvalue weighted by Gasteiger charge is -2.32. The molecule has 2 atom stereocenters. The predicted octanol–water partition coefficient (Wildman–Crippen LogP) is 5.45. The number of carbonyl (C=O) groups excluding carboxylic acids is 1. The Kier molecular flexibility index (Phi) is 9.40. The lowest BCUT2D eigenvalue weighted by Crippen LogP contribution is -2.42. The Morgan fingerprint density at radius 3 is 2.18 bits per heavy atom. The van der Waals surface area contributed by atoms with Gasteiger partial charge in [0.1, 0.15) is 6.04 Å². The maximum Gasteiger partial charge on any atom is 0.327 e. The number of aliphatic carboxylic acids is 1. The summed E-state index contributed by atoms with van der Waals surface area (Å²) in [5.41, 5.74) is 2.13. The van der Waals surface area contributed by atoms with E-state index in [9.17, 15) is 23.5 Å². The number of unbranched alkanes of at least 4 members (excludes halogenated alkanes) is 1. The molecule has 0 aliphatic carbocycles. The molecule has 0 spiro atoms. The maximum atomic E-state index is 12.0. The third-order valence-electron chi connectivity index (χ3n) is 5.29. The molecule has 0 fully saturated rings. The minimum atomic E-state index is -2.77. The second-order valence-electron chi connectivity index (χ2n) is 7.57. The van der Waals surface area contributed by atoms with Crippen LogP contribution >= 0.6 is 27.3 Å². The van der Waals surface area contributed by atoms with Crippen LogP contribution in [0, 0.1) is 0 Å². The highest BCUT2D eigenvalue weighted by molar-refractivity contribution is 9.10. The van der Waals surface area contributed by atoms with Gasteiger partial charge >= 0.3 is 5.97 Å². The van der Waals surface area contributed by atoms with Crippen LogP contribution in [0.3, 0.4) is 0 Å². The third kappa shape index (κ3) is 6.75. The lowest BCUT2D eigenvalue weighted by molar-refractivity contribution is -0.138. The molecule has 0 saturated carbocycles. The first kappa shape index (κ1) is 26.1. The Balaban J connectivity index is 1.69. The van der Waals surface area contributed by atoms with Gasteiger partial charge in [-0.2, -0.15) is 0 Å². The molecule has 2 aromatic carbocycles. The van der Waals surface area contributed by atoms with Gasteiger partial charge in [-0.1, -0.05) is 40.2 Å². The van der Waals surface area contributed by atoms with Crippen molar-refractivity contribution < 1.29 is 23.5 Å². The summed E-state index contributed by atoms with van der Waals surface area (Å²) in [4.78, 5) is 25.6. The fourth-order valence-corrected chi connectivity index (χ4v) is 5.37. The van der Waals surface area contributed by atoms with Gasteiger partial charge in [0.2, 0.25) is 5.91 Å². The predicted molar refractivity (Wildman–Crippen MR) is 139 cm³/mol. The molecule has 1 amide bonds. The number of halogens is 1. The van der Waals surface area contributed by atoms with E-state index < -0.39 is 23.3 Å². The van der Waals surface area contributed by atoms with Crippen LogP contribution in [0.15, 0.2) is 70.5 Å². The minimum absolute atomic E-state index is 0.0922. The van der Waals surface area contributed by atoms with E-state index in [-0.39, 0.29) is 18.0 Å². The van der Waals surface area contributed by atoms with Crippen molar-refractivity contribution in [1.82, 2.24) is 0 Å². The van der Waals surface area contributed by atoms with E-state index in [0.717, 1.165) is 24.9 Å². The quantitative estimate of drug-likeness (QED) is 0.247. The molecule has 2 unspecified atom stereocenters. The SMILES string of the molecule is CC(=O)N(CCCCC(C(=O)O)N(c1ccc(-c2ccc(Br)cc2)cc1)S(=O)[O-])c1cccs1. The van der Waals surface area contributed by atoms with Gasteiger partial charge in [0.25, 0.3) is 0 Å². The maximum absolute atomic E-state index is 12.0. The summed E-state index contributed by atoms with van der Waals surface area (Å²) < 4.78 is 25.9. The van der Waals surface area contributed by atoms with Gasteiger partial charge in [0.05, 0.1) is 5.00 Å². The number of hydrogen-bond donors (Lipinski definition) is 1. The molecule has 180 valence electrons. The Hall–Kier alpha value is -2.53. The van der Waals surface area contributed by atoms with Crippen molar-refractivity contribution >= 4 is 61.1 Å². The van der Waals surface area contributed by atoms with Crippen molar-refractivity contribution in [1.29, 1.82) is 0 Å². The largest absolute Gasteiger partial charge is 0.755 e. The normalized spacial score (nSPS) is 12.7. The standard InChI is InChI=1S/C24H25BrN2O5S2/c1-17(28)26(23-6-4-16-33-23)15-3-2-5-22(24(29)30)27(34(31)32)21-13-9-19(10-14-21)18-7-11-20(25)12-8-18/h4,6-14,16,22H,2-3,5,15H2,1H3,(H,29,30)(H,31,32)/p-1. The van der Waals surface area contributed by atoms with Gasteiger partial charge in [0.15, 0.2) is 0 Å². The van der Waals surface area contributed by atoms with E-state index in [2.05, 4.69) is 15.9 Å². The highest BCUT2D eigenvalue weighted by Gasteiger charge is 2.27. The second-order valence-corrected chi connectivity index (χ2v) is 10.2. The Labute approximate surface area is 213 Å². The first-order valence-corrected chi connectivity index (χ1v) is 13.3. The number of amides is 1. The first-order valence-electron chi connectivity index (χ1n) is 10.6. The number of anilines is 2. The van der Waals surface area contributed by atoms with Crippen molar-refractivity contribution in [2.45, 2.75) is 32.2 Å². The van der Waals surface area contributed by atoms with Crippen LogP contribution in [0.2, 0.25) is 0 Å². The molecular formula is C24H24BrN2O5S2-. The summed E-state index contributed by atoms with van der Waals surface area (Å²) >= 11 is 2.08. The van der Waals surface area contributed by atoms with Crippen LogP contribution < -0.4 is 9.21 Å². The number of rotatable bonds is 11. The summed E-state index contributed by atoms with van der Waals surface area (Å²) in [5.74, 6) is -1.31. The monoisotopic (exact) mass is 563 g/mol. The van der Waals surface area contributed by atoms with Crippen LogP contribution in [-0.2, 0) is 20.9 Å². The van der Waals surface area contributed by atoms with Gasteiger partial charge < -0.3 is 14.6 Å². The van der Waals surface area contributed by atoms with Crippen molar-refractivity contribution in [2.75, 3.05) is 15.7 Å². The molecule has 3 rings (SSSR count). The van der Waals surface area contributed by atoms with Crippen LogP contribution in [-0.4, -0.2) is 38.3 Å². The number of carboxylic acid groups (broad SMARTS) is 1. The first-order chi connectivity index (χ1) is 16.3. The number of carbonyl (C=O) groups is 2. The van der Waals surface area contributed by atoms with E-state index in [0.29, 0.717) is 19.4 Å². The molecule has 34 heavy (non-hydrogen) atoms. The number of hydrogen-bond acceptors (Lipinski definition) is 5. The highest BCUT2D eigenvalue weighted by atomic mass is 79.9. The zero-order valence-corrected chi connectivity index (χ0v) is 21.6. The van der Waals surface area contributed by atoms with E-state index in [1.54, 1.807) is 29.2 Å². The molecular weight excluding hydrogens is 540 g/mol. The van der Waals surface area contributed by atoms with E-state index in [1.165, 1.54) is 18.3 Å². The summed E-state index contributed by atoms with van der Waals surface area (Å²) in [5, 5.41) is 12.5. The fraction of sp³-hybridized carbons (Fsp3) is 0.250. The van der Waals surface area contributed by atoms with Gasteiger partial charge in [-0.05, 0) is 72.2 Å². The minimum Gasteiger partial charge on any atom is -0.755 e. The zero-order chi connectivity index (χ0) is 24.7. The van der Waals surface area contributed by atoms with Crippen molar-refractivity contribution in [2.24, 2.45) is 0 Å². The van der Waals surface area contributed by atoms with Crippen molar-refractivity contribution in [3.05, 3.63) is 70.5 Å². The molecule has 1 aromatic heterocycles. The van der Waals surface area contributed by atoms with E-state index >= 15 is 0 Å². The topological polar surface area (TPSA) is 101 Å². The van der Waals surface area contributed by atoms with Crippen molar-refractivity contribution in [3.63, 3.8) is 0 Å². The lowest BCUT2D eigenvalue weighted by atomic mass is 10.0. The van der Waals surface area contributed by atoms with Gasteiger partial charge in [0, 0.05) is 34.9 Å². The average Bonchev–Trinajstić information content (AvgIpc) is 3.33. The number of carboxylic acids is 1. The molecule has 1 heterocycles. The number of nitrogens with zero attached hydrogens (tertiary/aromatic N) is 2. The molecule has 0 radical (unpaired) electrons. The molecule has 0 aliphatic rings. The average molecular weight is 565 g/mol. The Bertz CT molecular complexity index is 1120. The van der Waals surface area contributed by atoms with E-state index in [4.69, 9.17) is 0 Å².